The fourth-order valence-electron chi connectivity index (χ4n) is 3.18. The number of nitrogens with zero attached hydrogens (tertiary/aromatic N) is 1. The second-order valence-corrected chi connectivity index (χ2v) is 7.09. The number of ether oxygens (including phenoxy) is 1. The highest BCUT2D eigenvalue weighted by atomic mass is 19.1. The quantitative estimate of drug-likeness (QED) is 0.587. The molecule has 0 aromatic heterocycles. The van der Waals surface area contributed by atoms with Gasteiger partial charge in [0.25, 0.3) is 0 Å². The van der Waals surface area contributed by atoms with Gasteiger partial charge in [0.1, 0.15) is 17.7 Å². The molecule has 3 amide bonds. The molecule has 1 saturated heterocycles. The maximum Gasteiger partial charge on any atom is 0.414 e. The Kier molecular flexibility index (Phi) is 6.81. The van der Waals surface area contributed by atoms with Crippen LogP contribution in [0.5, 0.6) is 0 Å². The number of cyclic esters (lactones) is 1. The summed E-state index contributed by atoms with van der Waals surface area (Å²) >= 11 is 0. The number of carbonyl (C=O) groups excluding carboxylic acids is 3. The van der Waals surface area contributed by atoms with Crippen LogP contribution >= 0.6 is 0 Å². The Labute approximate surface area is 177 Å². The molecular formula is C21H22F2N4O4. The Balaban J connectivity index is 1.72. The summed E-state index contributed by atoms with van der Waals surface area (Å²) in [4.78, 5) is 35.1. The van der Waals surface area contributed by atoms with Crippen molar-refractivity contribution in [2.45, 2.75) is 19.6 Å². The molecule has 2 aromatic carbocycles. The molecule has 164 valence electrons. The first-order chi connectivity index (χ1) is 14.7. The molecule has 4 N–H and O–H groups in total. The van der Waals surface area contributed by atoms with Gasteiger partial charge in [0.05, 0.1) is 25.3 Å². The lowest BCUT2D eigenvalue weighted by Gasteiger charge is -2.15. The number of benzene rings is 2. The Hall–Kier alpha value is -3.53. The summed E-state index contributed by atoms with van der Waals surface area (Å²) in [6, 6.07) is 8.44. The normalized spacial score (nSPS) is 15.6. The number of rotatable bonds is 8. The second kappa shape index (κ2) is 9.52. The SMILES string of the molecule is CC(=O)NC[C@H]1CN(c2ccc(-c3ccc(CNCC(N)=O)c(F)c3)c(F)c2)C(=O)O1. The highest BCUT2D eigenvalue weighted by Gasteiger charge is 2.32. The van der Waals surface area contributed by atoms with Crippen molar-refractivity contribution in [1.82, 2.24) is 10.6 Å². The van der Waals surface area contributed by atoms with Crippen molar-refractivity contribution in [3.63, 3.8) is 0 Å². The van der Waals surface area contributed by atoms with E-state index < -0.39 is 29.7 Å². The standard InChI is InChI=1S/C21H22F2N4O4/c1-12(28)26-9-16-11-27(21(30)31-16)15-4-5-17(19(23)7-15)13-2-3-14(18(22)6-13)8-25-10-20(24)29/h2-7,16,25H,8-11H2,1H3,(H2,24,29)(H,26,28)/t16-/m0/s1. The van der Waals surface area contributed by atoms with Crippen molar-refractivity contribution in [1.29, 1.82) is 0 Å². The average molecular weight is 432 g/mol. The molecule has 0 saturated carbocycles. The molecule has 0 radical (unpaired) electrons. The van der Waals surface area contributed by atoms with E-state index in [1.165, 1.54) is 36.1 Å². The van der Waals surface area contributed by atoms with Crippen LogP contribution in [0.4, 0.5) is 19.3 Å². The molecule has 1 atom stereocenters. The highest BCUT2D eigenvalue weighted by molar-refractivity contribution is 5.90. The first kappa shape index (κ1) is 22.2. The Bertz CT molecular complexity index is 1010. The Morgan fingerprint density at radius 3 is 2.61 bits per heavy atom. The van der Waals surface area contributed by atoms with Crippen LogP contribution in [-0.2, 0) is 20.9 Å². The number of hydrogen-bond donors (Lipinski definition) is 3. The number of nitrogens with one attached hydrogen (secondary N) is 2. The zero-order valence-electron chi connectivity index (χ0n) is 16.8. The molecule has 1 aliphatic rings. The first-order valence-corrected chi connectivity index (χ1v) is 9.54. The summed E-state index contributed by atoms with van der Waals surface area (Å²) in [6.45, 7) is 1.71. The number of amides is 3. The first-order valence-electron chi connectivity index (χ1n) is 9.54. The van der Waals surface area contributed by atoms with Crippen LogP contribution in [0.1, 0.15) is 12.5 Å². The third kappa shape index (κ3) is 5.54. The zero-order chi connectivity index (χ0) is 22.5. The third-order valence-corrected chi connectivity index (χ3v) is 4.70. The van der Waals surface area contributed by atoms with E-state index in [0.717, 1.165) is 0 Å². The molecule has 0 aliphatic carbocycles. The van der Waals surface area contributed by atoms with Crippen LogP contribution < -0.4 is 21.3 Å². The molecule has 1 heterocycles. The lowest BCUT2D eigenvalue weighted by molar-refractivity contribution is -0.119. The van der Waals surface area contributed by atoms with Crippen molar-refractivity contribution in [2.24, 2.45) is 5.73 Å². The molecule has 8 nitrogen and oxygen atoms in total. The topological polar surface area (TPSA) is 114 Å². The van der Waals surface area contributed by atoms with Crippen molar-refractivity contribution in [3.8, 4) is 11.1 Å². The minimum atomic E-state index is -0.638. The van der Waals surface area contributed by atoms with Gasteiger partial charge < -0.3 is 21.1 Å². The third-order valence-electron chi connectivity index (χ3n) is 4.70. The number of hydrogen-bond acceptors (Lipinski definition) is 5. The van der Waals surface area contributed by atoms with Gasteiger partial charge in [-0.25, -0.2) is 13.6 Å². The lowest BCUT2D eigenvalue weighted by atomic mass is 10.0. The number of carbonyl (C=O) groups is 3. The predicted molar refractivity (Wildman–Crippen MR) is 109 cm³/mol. The average Bonchev–Trinajstić information content (AvgIpc) is 3.08. The van der Waals surface area contributed by atoms with Crippen LogP contribution in [0.15, 0.2) is 36.4 Å². The van der Waals surface area contributed by atoms with Gasteiger partial charge in [-0.15, -0.1) is 0 Å². The number of halogens is 2. The van der Waals surface area contributed by atoms with E-state index in [-0.39, 0.29) is 37.6 Å². The molecule has 3 rings (SSSR count). The van der Waals surface area contributed by atoms with Crippen molar-refractivity contribution in [3.05, 3.63) is 53.6 Å². The molecule has 2 aromatic rings. The van der Waals surface area contributed by atoms with Gasteiger partial charge in [0.2, 0.25) is 11.8 Å². The highest BCUT2D eigenvalue weighted by Crippen LogP contribution is 2.30. The molecule has 1 aliphatic heterocycles. The van der Waals surface area contributed by atoms with E-state index in [0.29, 0.717) is 16.8 Å². The van der Waals surface area contributed by atoms with E-state index in [4.69, 9.17) is 10.5 Å². The van der Waals surface area contributed by atoms with Crippen LogP contribution in [-0.4, -0.2) is 43.6 Å². The molecule has 0 bridgehead atoms. The van der Waals surface area contributed by atoms with Crippen LogP contribution in [0, 0.1) is 11.6 Å². The monoisotopic (exact) mass is 432 g/mol. The summed E-state index contributed by atoms with van der Waals surface area (Å²) in [5, 5.41) is 5.28. The summed E-state index contributed by atoms with van der Waals surface area (Å²) in [5.41, 5.74) is 6.13. The molecule has 0 spiro atoms. The van der Waals surface area contributed by atoms with E-state index in [1.54, 1.807) is 12.1 Å². The number of nitrogens with two attached hydrogens (primary N) is 1. The Morgan fingerprint density at radius 2 is 1.97 bits per heavy atom. The van der Waals surface area contributed by atoms with Crippen LogP contribution in [0.25, 0.3) is 11.1 Å². The predicted octanol–water partition coefficient (Wildman–Crippen LogP) is 1.67. The minimum Gasteiger partial charge on any atom is -0.442 e. The minimum absolute atomic E-state index is 0.0815. The molecule has 1 fully saturated rings. The van der Waals surface area contributed by atoms with Gasteiger partial charge in [0, 0.05) is 24.6 Å². The lowest BCUT2D eigenvalue weighted by Crippen LogP contribution is -2.33. The van der Waals surface area contributed by atoms with Crippen LogP contribution in [0.3, 0.4) is 0 Å². The zero-order valence-corrected chi connectivity index (χ0v) is 16.8. The largest absolute Gasteiger partial charge is 0.442 e. The van der Waals surface area contributed by atoms with Gasteiger partial charge in [-0.2, -0.15) is 0 Å². The molecule has 0 unspecified atom stereocenters. The maximum atomic E-state index is 14.8. The number of anilines is 1. The van der Waals surface area contributed by atoms with Gasteiger partial charge in [-0.3, -0.25) is 14.5 Å². The van der Waals surface area contributed by atoms with Crippen molar-refractivity contribution in [2.75, 3.05) is 24.5 Å². The number of primary amides is 1. The van der Waals surface area contributed by atoms with Gasteiger partial charge >= 0.3 is 6.09 Å². The van der Waals surface area contributed by atoms with Gasteiger partial charge in [0.15, 0.2) is 0 Å². The fourth-order valence-corrected chi connectivity index (χ4v) is 3.18. The van der Waals surface area contributed by atoms with Crippen LogP contribution in [0.2, 0.25) is 0 Å². The smallest absolute Gasteiger partial charge is 0.414 e. The van der Waals surface area contributed by atoms with Gasteiger partial charge in [-0.1, -0.05) is 12.1 Å². The van der Waals surface area contributed by atoms with Crippen molar-refractivity contribution < 1.29 is 27.9 Å². The van der Waals surface area contributed by atoms with Crippen molar-refractivity contribution >= 4 is 23.6 Å². The van der Waals surface area contributed by atoms with E-state index >= 15 is 0 Å². The molecule has 10 heteroatoms. The summed E-state index contributed by atoms with van der Waals surface area (Å²) in [7, 11) is 0. The van der Waals surface area contributed by atoms with E-state index in [9.17, 15) is 23.2 Å². The van der Waals surface area contributed by atoms with E-state index in [1.807, 2.05) is 0 Å². The maximum absolute atomic E-state index is 14.8. The molecular weight excluding hydrogens is 410 g/mol. The molecule has 31 heavy (non-hydrogen) atoms. The van der Waals surface area contributed by atoms with E-state index in [2.05, 4.69) is 10.6 Å². The van der Waals surface area contributed by atoms with Gasteiger partial charge in [-0.05, 0) is 29.8 Å². The summed E-state index contributed by atoms with van der Waals surface area (Å²) < 4.78 is 34.3. The summed E-state index contributed by atoms with van der Waals surface area (Å²) in [6.07, 6.45) is -1.18. The summed E-state index contributed by atoms with van der Waals surface area (Å²) in [5.74, 6) is -1.98. The second-order valence-electron chi connectivity index (χ2n) is 7.09. The fraction of sp³-hybridized carbons (Fsp3) is 0.286. The Morgan fingerprint density at radius 1 is 1.19 bits per heavy atom.